The van der Waals surface area contributed by atoms with Gasteiger partial charge in [-0.25, -0.2) is 4.79 Å². The van der Waals surface area contributed by atoms with Crippen LogP contribution in [-0.4, -0.2) is 23.6 Å². The second-order valence-corrected chi connectivity index (χ2v) is 9.60. The molecule has 0 saturated heterocycles. The van der Waals surface area contributed by atoms with Crippen molar-refractivity contribution in [2.24, 2.45) is 21.4 Å². The third-order valence-electron chi connectivity index (χ3n) is 6.92. The van der Waals surface area contributed by atoms with Crippen molar-refractivity contribution in [3.05, 3.63) is 34.3 Å². The molecule has 2 fully saturated rings. The van der Waals surface area contributed by atoms with Crippen LogP contribution >= 0.6 is 15.9 Å². The average Bonchev–Trinajstić information content (AvgIpc) is 2.90. The van der Waals surface area contributed by atoms with E-state index in [4.69, 9.17) is 4.84 Å². The lowest BCUT2D eigenvalue weighted by Gasteiger charge is -2.39. The van der Waals surface area contributed by atoms with Crippen molar-refractivity contribution < 1.29 is 14.4 Å². The molecule has 1 N–H and O–H groups in total. The van der Waals surface area contributed by atoms with Crippen LogP contribution in [0.25, 0.3) is 0 Å². The molecular weight excluding hydrogens is 408 g/mol. The molecule has 1 aromatic carbocycles. The van der Waals surface area contributed by atoms with Gasteiger partial charge < -0.3 is 10.2 Å². The van der Waals surface area contributed by atoms with E-state index in [2.05, 4.69) is 47.2 Å². The maximum atomic E-state index is 13.1. The summed E-state index contributed by atoms with van der Waals surface area (Å²) in [6.07, 6.45) is 2.21. The molecular formula is C21H27BrN2O3. The van der Waals surface area contributed by atoms with Crippen LogP contribution in [0.3, 0.4) is 0 Å². The van der Waals surface area contributed by atoms with Crippen LogP contribution in [-0.2, 0) is 9.63 Å². The van der Waals surface area contributed by atoms with Crippen LogP contribution in [0.4, 0.5) is 0 Å². The van der Waals surface area contributed by atoms with Crippen LogP contribution in [0.2, 0.25) is 0 Å². The first-order valence-corrected chi connectivity index (χ1v) is 10.2. The zero-order valence-corrected chi connectivity index (χ0v) is 18.1. The molecule has 146 valence electrons. The van der Waals surface area contributed by atoms with E-state index in [0.717, 1.165) is 18.6 Å². The van der Waals surface area contributed by atoms with E-state index >= 15 is 0 Å². The topological polar surface area (TPSA) is 67.8 Å². The summed E-state index contributed by atoms with van der Waals surface area (Å²) in [5, 5.41) is 7.35. The van der Waals surface area contributed by atoms with Crippen LogP contribution in [0, 0.1) is 16.2 Å². The number of nitrogens with zero attached hydrogens (tertiary/aromatic N) is 1. The van der Waals surface area contributed by atoms with Gasteiger partial charge in [-0.05, 0) is 60.2 Å². The number of amides is 1. The van der Waals surface area contributed by atoms with Crippen molar-refractivity contribution in [1.82, 2.24) is 5.32 Å². The standard InChI is InChI=1S/C21H27BrN2O3/c1-13(2)23-18(26)21-11-10-20(5,19(21,3)4)16(12-21)24-27-17(25)14-8-6-7-9-15(14)22/h6-9,13H,10-12H2,1-5H3,(H,23,26). The highest BCUT2D eigenvalue weighted by Gasteiger charge is 2.71. The molecule has 2 atom stereocenters. The number of hydrogen-bond donors (Lipinski definition) is 1. The highest BCUT2D eigenvalue weighted by Crippen LogP contribution is 2.71. The van der Waals surface area contributed by atoms with Crippen LogP contribution in [0.15, 0.2) is 33.9 Å². The zero-order chi connectivity index (χ0) is 20.0. The lowest BCUT2D eigenvalue weighted by Crippen LogP contribution is -2.48. The number of oxime groups is 1. The van der Waals surface area contributed by atoms with Gasteiger partial charge in [-0.2, -0.15) is 0 Å². The van der Waals surface area contributed by atoms with Crippen molar-refractivity contribution in [3.63, 3.8) is 0 Å². The van der Waals surface area contributed by atoms with Gasteiger partial charge in [0.15, 0.2) is 0 Å². The fraction of sp³-hybridized carbons (Fsp3) is 0.571. The van der Waals surface area contributed by atoms with Crippen LogP contribution in [0.5, 0.6) is 0 Å². The molecule has 0 aromatic heterocycles. The van der Waals surface area contributed by atoms with Crippen LogP contribution in [0.1, 0.15) is 64.2 Å². The SMILES string of the molecule is CC(C)NC(=O)C12CCC(C)(C(=NOC(=O)c3ccccc3Br)C1)C2(C)C. The first-order chi connectivity index (χ1) is 12.5. The Bertz CT molecular complexity index is 817. The summed E-state index contributed by atoms with van der Waals surface area (Å²) in [4.78, 5) is 30.8. The first kappa shape index (κ1) is 20.1. The largest absolute Gasteiger partial charge is 0.366 e. The maximum absolute atomic E-state index is 13.1. The van der Waals surface area contributed by atoms with Gasteiger partial charge in [-0.15, -0.1) is 0 Å². The van der Waals surface area contributed by atoms with E-state index < -0.39 is 11.4 Å². The van der Waals surface area contributed by atoms with Gasteiger partial charge in [-0.3, -0.25) is 4.79 Å². The Balaban J connectivity index is 1.88. The Morgan fingerprint density at radius 3 is 2.48 bits per heavy atom. The van der Waals surface area contributed by atoms with Gasteiger partial charge in [0, 0.05) is 22.4 Å². The molecule has 2 bridgehead atoms. The Morgan fingerprint density at radius 2 is 1.85 bits per heavy atom. The molecule has 3 rings (SSSR count). The Kier molecular flexibility index (Phi) is 5.00. The minimum Gasteiger partial charge on any atom is -0.353 e. The molecule has 0 spiro atoms. The number of rotatable bonds is 4. The Morgan fingerprint density at radius 1 is 1.19 bits per heavy atom. The second kappa shape index (κ2) is 6.73. The molecule has 0 aliphatic heterocycles. The molecule has 1 aromatic rings. The summed E-state index contributed by atoms with van der Waals surface area (Å²) >= 11 is 3.36. The van der Waals surface area contributed by atoms with Crippen molar-refractivity contribution in [2.45, 2.75) is 59.9 Å². The Hall–Kier alpha value is -1.69. The molecule has 2 unspecified atom stereocenters. The number of halogens is 1. The zero-order valence-electron chi connectivity index (χ0n) is 16.6. The van der Waals surface area contributed by atoms with Crippen molar-refractivity contribution in [3.8, 4) is 0 Å². The molecule has 0 heterocycles. The van der Waals surface area contributed by atoms with Crippen LogP contribution < -0.4 is 5.32 Å². The van der Waals surface area contributed by atoms with Crippen molar-refractivity contribution in [1.29, 1.82) is 0 Å². The maximum Gasteiger partial charge on any atom is 0.366 e. The van der Waals surface area contributed by atoms with Gasteiger partial charge in [0.25, 0.3) is 0 Å². The number of carbonyl (C=O) groups is 2. The van der Waals surface area contributed by atoms with E-state index in [1.807, 2.05) is 19.9 Å². The second-order valence-electron chi connectivity index (χ2n) is 8.74. The number of fused-ring (bicyclic) bond motifs is 2. The lowest BCUT2D eigenvalue weighted by atomic mass is 9.64. The number of carbonyl (C=O) groups excluding carboxylic acids is 2. The van der Waals surface area contributed by atoms with Gasteiger partial charge >= 0.3 is 5.97 Å². The molecule has 1 amide bonds. The lowest BCUT2D eigenvalue weighted by molar-refractivity contribution is -0.136. The highest BCUT2D eigenvalue weighted by atomic mass is 79.9. The van der Waals surface area contributed by atoms with Gasteiger partial charge in [0.1, 0.15) is 0 Å². The van der Waals surface area contributed by atoms with E-state index in [0.29, 0.717) is 16.5 Å². The smallest absolute Gasteiger partial charge is 0.353 e. The molecule has 2 saturated carbocycles. The minimum atomic E-state index is -0.509. The average molecular weight is 435 g/mol. The normalized spacial score (nSPS) is 30.0. The van der Waals surface area contributed by atoms with E-state index in [1.54, 1.807) is 18.2 Å². The molecule has 0 radical (unpaired) electrons. The minimum absolute atomic E-state index is 0.0774. The quantitative estimate of drug-likeness (QED) is 0.551. The summed E-state index contributed by atoms with van der Waals surface area (Å²) in [6, 6.07) is 7.18. The van der Waals surface area contributed by atoms with E-state index in [9.17, 15) is 9.59 Å². The highest BCUT2D eigenvalue weighted by molar-refractivity contribution is 9.10. The van der Waals surface area contributed by atoms with Gasteiger partial charge in [-0.1, -0.05) is 38.1 Å². The predicted octanol–water partition coefficient (Wildman–Crippen LogP) is 4.70. The van der Waals surface area contributed by atoms with Gasteiger partial charge in [0.05, 0.1) is 16.7 Å². The third-order valence-corrected chi connectivity index (χ3v) is 7.61. The molecule has 6 heteroatoms. The molecule has 2 aliphatic rings. The number of hydrogen-bond acceptors (Lipinski definition) is 4. The summed E-state index contributed by atoms with van der Waals surface area (Å²) in [5.41, 5.74) is 0.192. The fourth-order valence-electron chi connectivity index (χ4n) is 4.70. The summed E-state index contributed by atoms with van der Waals surface area (Å²) in [6.45, 7) is 10.4. The summed E-state index contributed by atoms with van der Waals surface area (Å²) in [5.74, 6) is -0.423. The molecule has 5 nitrogen and oxygen atoms in total. The predicted molar refractivity (Wildman–Crippen MR) is 108 cm³/mol. The van der Waals surface area contributed by atoms with Crippen molar-refractivity contribution >= 4 is 33.5 Å². The first-order valence-electron chi connectivity index (χ1n) is 9.39. The molecule has 2 aliphatic carbocycles. The number of nitrogens with one attached hydrogen (secondary N) is 1. The molecule has 27 heavy (non-hydrogen) atoms. The van der Waals surface area contributed by atoms with Crippen molar-refractivity contribution in [2.75, 3.05) is 0 Å². The number of benzene rings is 1. The fourth-order valence-corrected chi connectivity index (χ4v) is 5.14. The Labute approximate surface area is 169 Å². The van der Waals surface area contributed by atoms with E-state index in [1.165, 1.54) is 0 Å². The summed E-state index contributed by atoms with van der Waals surface area (Å²) < 4.78 is 0.669. The third kappa shape index (κ3) is 2.93. The summed E-state index contributed by atoms with van der Waals surface area (Å²) in [7, 11) is 0. The van der Waals surface area contributed by atoms with Gasteiger partial charge in [0.2, 0.25) is 5.91 Å². The van der Waals surface area contributed by atoms with E-state index in [-0.39, 0.29) is 22.8 Å². The monoisotopic (exact) mass is 434 g/mol.